The van der Waals surface area contributed by atoms with E-state index in [0.29, 0.717) is 32.2 Å². The minimum absolute atomic E-state index is 0.0258. The highest BCUT2D eigenvalue weighted by Gasteiger charge is 2.36. The lowest BCUT2D eigenvalue weighted by Crippen LogP contribution is -2.27. The van der Waals surface area contributed by atoms with Gasteiger partial charge in [0.05, 0.1) is 11.4 Å². The van der Waals surface area contributed by atoms with E-state index in [-0.39, 0.29) is 28.0 Å². The maximum Gasteiger partial charge on any atom is 0.339 e. The molecular weight excluding hydrogens is 607 g/mol. The second-order valence-electron chi connectivity index (χ2n) is 8.95. The van der Waals surface area contributed by atoms with Crippen molar-refractivity contribution in [2.75, 3.05) is 5.32 Å². The smallest absolute Gasteiger partial charge is 0.339 e. The zero-order chi connectivity index (χ0) is 29.3. The summed E-state index contributed by atoms with van der Waals surface area (Å²) in [4.78, 5) is 38.5. The molecule has 1 heterocycles. The Morgan fingerprint density at radius 1 is 1.00 bits per heavy atom. The van der Waals surface area contributed by atoms with E-state index >= 15 is 0 Å². The van der Waals surface area contributed by atoms with Gasteiger partial charge in [0.15, 0.2) is 5.75 Å². The lowest BCUT2D eigenvalue weighted by Gasteiger charge is -2.14. The van der Waals surface area contributed by atoms with Crippen LogP contribution in [-0.4, -0.2) is 30.4 Å². The Morgan fingerprint density at radius 2 is 1.73 bits per heavy atom. The lowest BCUT2D eigenvalue weighted by molar-refractivity contribution is -0.123. The summed E-state index contributed by atoms with van der Waals surface area (Å²) in [5.41, 5.74) is 1.29. The van der Waals surface area contributed by atoms with E-state index in [0.717, 1.165) is 22.0 Å². The summed E-state index contributed by atoms with van der Waals surface area (Å²) in [5.74, 6) is -0.873. The van der Waals surface area contributed by atoms with Gasteiger partial charge in [-0.25, -0.2) is 0 Å². The number of imide groups is 1. The number of halogens is 2. The van der Waals surface area contributed by atoms with Gasteiger partial charge in [-0.1, -0.05) is 59.6 Å². The summed E-state index contributed by atoms with van der Waals surface area (Å²) in [6.07, 6.45) is 1.46. The van der Waals surface area contributed by atoms with Crippen LogP contribution in [0.4, 0.5) is 10.5 Å². The summed E-state index contributed by atoms with van der Waals surface area (Å²) in [5, 5.41) is 4.21. The van der Waals surface area contributed by atoms with Crippen molar-refractivity contribution in [1.82, 2.24) is 4.90 Å². The minimum Gasteiger partial charge on any atom is -0.378 e. The number of nitrogens with one attached hydrogen (secondary N) is 1. The summed E-state index contributed by atoms with van der Waals surface area (Å²) >= 11 is 12.9. The van der Waals surface area contributed by atoms with Crippen LogP contribution in [0.2, 0.25) is 10.0 Å². The molecular formula is C29H20Cl2N2O6S2. The van der Waals surface area contributed by atoms with E-state index in [9.17, 15) is 22.8 Å². The van der Waals surface area contributed by atoms with Crippen molar-refractivity contribution in [3.8, 4) is 5.75 Å². The Hall–Kier alpha value is -3.83. The van der Waals surface area contributed by atoms with Crippen molar-refractivity contribution < 1.29 is 27.0 Å². The molecule has 12 heteroatoms. The van der Waals surface area contributed by atoms with Gasteiger partial charge < -0.3 is 9.50 Å². The molecule has 1 fully saturated rings. The Balaban J connectivity index is 1.50. The normalized spacial score (nSPS) is 14.6. The summed E-state index contributed by atoms with van der Waals surface area (Å²) in [6, 6.07) is 20.7. The van der Waals surface area contributed by atoms with Gasteiger partial charge >= 0.3 is 10.1 Å². The van der Waals surface area contributed by atoms with Gasteiger partial charge in [0.2, 0.25) is 5.91 Å². The predicted molar refractivity (Wildman–Crippen MR) is 160 cm³/mol. The van der Waals surface area contributed by atoms with Gasteiger partial charge in [0, 0.05) is 28.2 Å². The van der Waals surface area contributed by atoms with Gasteiger partial charge in [0.25, 0.3) is 11.1 Å². The molecule has 0 aromatic heterocycles. The fourth-order valence-electron chi connectivity index (χ4n) is 4.16. The maximum absolute atomic E-state index is 13.3. The minimum atomic E-state index is -4.30. The van der Waals surface area contributed by atoms with Gasteiger partial charge in [-0.15, -0.1) is 0 Å². The first kappa shape index (κ1) is 28.7. The number of fused-ring (bicyclic) bond motifs is 1. The molecule has 5 rings (SSSR count). The first-order chi connectivity index (χ1) is 19.5. The largest absolute Gasteiger partial charge is 0.378 e. The molecule has 0 radical (unpaired) electrons. The molecule has 0 aliphatic carbocycles. The molecule has 4 aromatic rings. The van der Waals surface area contributed by atoms with Crippen LogP contribution in [0, 0.1) is 0 Å². The van der Waals surface area contributed by atoms with Crippen molar-refractivity contribution in [1.29, 1.82) is 0 Å². The van der Waals surface area contributed by atoms with E-state index in [1.807, 2.05) is 12.1 Å². The number of amides is 3. The second-order valence-corrected chi connectivity index (χ2v) is 12.3. The summed E-state index contributed by atoms with van der Waals surface area (Å²) in [7, 11) is -4.30. The van der Waals surface area contributed by atoms with Gasteiger partial charge in [0.1, 0.15) is 4.90 Å². The number of hydrogen-bond donors (Lipinski definition) is 1. The summed E-state index contributed by atoms with van der Waals surface area (Å²) < 4.78 is 32.0. The zero-order valence-corrected chi connectivity index (χ0v) is 24.4. The first-order valence-corrected chi connectivity index (χ1v) is 15.0. The molecule has 0 unspecified atom stereocenters. The maximum atomic E-state index is 13.3. The molecule has 1 N–H and O–H groups in total. The number of carbonyl (C=O) groups is 3. The SMILES string of the molecule is CC(=O)Nc1ccc(S(=O)(=O)Oc2ccc3ccccc3c2/C=C2\SC(=O)N(Cc3ccc(Cl)cc3Cl)C2=O)cc1. The predicted octanol–water partition coefficient (Wildman–Crippen LogP) is 7.11. The van der Waals surface area contributed by atoms with E-state index in [1.165, 1.54) is 49.4 Å². The summed E-state index contributed by atoms with van der Waals surface area (Å²) in [6.45, 7) is 1.29. The highest BCUT2D eigenvalue weighted by molar-refractivity contribution is 8.18. The zero-order valence-electron chi connectivity index (χ0n) is 21.3. The molecule has 41 heavy (non-hydrogen) atoms. The van der Waals surface area contributed by atoms with E-state index in [4.69, 9.17) is 27.4 Å². The fourth-order valence-corrected chi connectivity index (χ4v) is 6.39. The van der Waals surface area contributed by atoms with Crippen LogP contribution >= 0.6 is 35.0 Å². The third-order valence-electron chi connectivity index (χ3n) is 6.09. The van der Waals surface area contributed by atoms with Crippen LogP contribution in [0.1, 0.15) is 18.1 Å². The van der Waals surface area contributed by atoms with Gasteiger partial charge in [-0.05, 0) is 76.6 Å². The Labute approximate surface area is 250 Å². The Bertz CT molecular complexity index is 1860. The van der Waals surface area contributed by atoms with Crippen LogP contribution < -0.4 is 9.50 Å². The number of carbonyl (C=O) groups excluding carboxylic acids is 3. The molecule has 208 valence electrons. The number of thioether (sulfide) groups is 1. The Kier molecular flexibility index (Phi) is 8.10. The quantitative estimate of drug-likeness (QED) is 0.172. The second kappa shape index (κ2) is 11.6. The molecule has 3 amide bonds. The topological polar surface area (TPSA) is 110 Å². The average molecular weight is 628 g/mol. The van der Waals surface area contributed by atoms with Crippen LogP contribution in [0.3, 0.4) is 0 Å². The van der Waals surface area contributed by atoms with Crippen molar-refractivity contribution in [2.24, 2.45) is 0 Å². The molecule has 0 spiro atoms. The lowest BCUT2D eigenvalue weighted by atomic mass is 10.0. The van der Waals surface area contributed by atoms with Crippen LogP contribution in [0.25, 0.3) is 16.8 Å². The molecule has 4 aromatic carbocycles. The average Bonchev–Trinajstić information content (AvgIpc) is 3.18. The van der Waals surface area contributed by atoms with Gasteiger partial charge in [-0.3, -0.25) is 19.3 Å². The molecule has 0 bridgehead atoms. The third-order valence-corrected chi connectivity index (χ3v) is 8.83. The van der Waals surface area contributed by atoms with Crippen LogP contribution in [0.15, 0.2) is 88.7 Å². The Morgan fingerprint density at radius 3 is 2.44 bits per heavy atom. The standard InChI is InChI=1S/C29H20Cl2N2O6S2/c1-17(34)32-21-9-11-22(12-10-21)41(37,38)39-26-13-7-18-4-2-3-5-23(18)24(26)15-27-28(35)33(29(36)40-27)16-19-6-8-20(30)14-25(19)31/h2-15H,16H2,1H3,(H,32,34)/b27-15-. The molecule has 0 saturated carbocycles. The fraction of sp³-hybridized carbons (Fsp3) is 0.0690. The molecule has 1 aliphatic heterocycles. The van der Waals surface area contributed by atoms with Crippen LogP contribution in [0.5, 0.6) is 5.75 Å². The molecule has 8 nitrogen and oxygen atoms in total. The highest BCUT2D eigenvalue weighted by Crippen LogP contribution is 2.38. The highest BCUT2D eigenvalue weighted by atomic mass is 35.5. The number of nitrogens with zero attached hydrogens (tertiary/aromatic N) is 1. The van der Waals surface area contributed by atoms with E-state index in [1.54, 1.807) is 30.3 Å². The number of hydrogen-bond acceptors (Lipinski definition) is 7. The van der Waals surface area contributed by atoms with Crippen molar-refractivity contribution in [3.63, 3.8) is 0 Å². The van der Waals surface area contributed by atoms with Crippen molar-refractivity contribution in [2.45, 2.75) is 18.4 Å². The van der Waals surface area contributed by atoms with Crippen LogP contribution in [-0.2, 0) is 26.3 Å². The van der Waals surface area contributed by atoms with Crippen molar-refractivity contribution in [3.05, 3.63) is 105 Å². The number of anilines is 1. The number of benzene rings is 4. The monoisotopic (exact) mass is 626 g/mol. The molecule has 0 atom stereocenters. The third kappa shape index (κ3) is 6.25. The first-order valence-electron chi connectivity index (χ1n) is 12.0. The van der Waals surface area contributed by atoms with Gasteiger partial charge in [-0.2, -0.15) is 8.42 Å². The molecule has 1 aliphatic rings. The number of rotatable bonds is 7. The van der Waals surface area contributed by atoms with E-state index < -0.39 is 21.3 Å². The van der Waals surface area contributed by atoms with E-state index in [2.05, 4.69) is 5.32 Å². The van der Waals surface area contributed by atoms with Crippen molar-refractivity contribution >= 4 is 84.7 Å². The molecule has 1 saturated heterocycles.